The van der Waals surface area contributed by atoms with Crippen LogP contribution in [0.4, 0.5) is 4.79 Å². The van der Waals surface area contributed by atoms with Crippen molar-refractivity contribution in [3.63, 3.8) is 0 Å². The van der Waals surface area contributed by atoms with Gasteiger partial charge in [0.25, 0.3) is 5.91 Å². The van der Waals surface area contributed by atoms with E-state index < -0.39 is 24.5 Å². The van der Waals surface area contributed by atoms with E-state index in [0.717, 1.165) is 10.4 Å². The number of aryl methyl sites for hydroxylation is 1. The summed E-state index contributed by atoms with van der Waals surface area (Å²) >= 11 is 1.59. The number of hydrogen-bond donors (Lipinski definition) is 2. The quantitative estimate of drug-likeness (QED) is 0.376. The van der Waals surface area contributed by atoms with Gasteiger partial charge in [-0.1, -0.05) is 36.4 Å². The number of fused-ring (bicyclic) bond motifs is 1. The lowest BCUT2D eigenvalue weighted by atomic mass is 10.1. The lowest BCUT2D eigenvalue weighted by molar-refractivity contribution is -0.123. The van der Waals surface area contributed by atoms with E-state index in [-0.39, 0.29) is 5.56 Å². The fraction of sp³-hybridized carbons (Fsp3) is 0.208. The van der Waals surface area contributed by atoms with Crippen LogP contribution in [-0.2, 0) is 22.5 Å². The highest BCUT2D eigenvalue weighted by Gasteiger charge is 2.19. The summed E-state index contributed by atoms with van der Waals surface area (Å²) in [4.78, 5) is 42.7. The zero-order valence-corrected chi connectivity index (χ0v) is 19.3. The zero-order valence-electron chi connectivity index (χ0n) is 18.5. The summed E-state index contributed by atoms with van der Waals surface area (Å²) in [5.74, 6) is -1.42. The Balaban J connectivity index is 1.40. The molecular formula is C24H23N5O4S. The Bertz CT molecular complexity index is 1300. The number of amides is 3. The number of benzene rings is 1. The molecule has 0 atom stereocenters. The molecule has 1 aromatic carbocycles. The van der Waals surface area contributed by atoms with E-state index in [1.165, 1.54) is 0 Å². The molecule has 4 aromatic rings. The molecule has 0 radical (unpaired) electrons. The number of carbonyl (C=O) groups excluding carboxylic acids is 3. The lowest BCUT2D eigenvalue weighted by Gasteiger charge is -2.09. The monoisotopic (exact) mass is 477 g/mol. The second kappa shape index (κ2) is 10.7. The van der Waals surface area contributed by atoms with Crippen LogP contribution in [0.15, 0.2) is 60.1 Å². The molecule has 9 nitrogen and oxygen atoms in total. The summed E-state index contributed by atoms with van der Waals surface area (Å²) in [5, 5.41) is 11.5. The lowest BCUT2D eigenvalue weighted by Crippen LogP contribution is -2.42. The molecule has 0 spiro atoms. The maximum absolute atomic E-state index is 12.9. The molecule has 0 aliphatic rings. The fourth-order valence-corrected chi connectivity index (χ4v) is 4.08. The summed E-state index contributed by atoms with van der Waals surface area (Å²) < 4.78 is 6.89. The molecule has 2 N–H and O–H groups in total. The van der Waals surface area contributed by atoms with Gasteiger partial charge in [-0.2, -0.15) is 5.10 Å². The predicted octanol–water partition coefficient (Wildman–Crippen LogP) is 3.41. The van der Waals surface area contributed by atoms with Crippen LogP contribution in [0.25, 0.3) is 22.3 Å². The number of rotatable bonds is 8. The van der Waals surface area contributed by atoms with E-state index in [9.17, 15) is 14.4 Å². The van der Waals surface area contributed by atoms with E-state index in [1.807, 2.05) is 54.8 Å². The van der Waals surface area contributed by atoms with Crippen LogP contribution in [0.1, 0.15) is 22.2 Å². The van der Waals surface area contributed by atoms with Crippen molar-refractivity contribution < 1.29 is 19.1 Å². The average Bonchev–Trinajstić information content (AvgIpc) is 3.52. The van der Waals surface area contributed by atoms with E-state index in [1.54, 1.807) is 28.3 Å². The molecular weight excluding hydrogens is 454 g/mol. The second-order valence-electron chi connectivity index (χ2n) is 7.33. The van der Waals surface area contributed by atoms with Gasteiger partial charge in [-0.3, -0.25) is 10.1 Å². The summed E-state index contributed by atoms with van der Waals surface area (Å²) in [7, 11) is 0. The van der Waals surface area contributed by atoms with Crippen molar-refractivity contribution in [2.75, 3.05) is 13.2 Å². The van der Waals surface area contributed by atoms with Crippen molar-refractivity contribution >= 4 is 40.3 Å². The van der Waals surface area contributed by atoms with Crippen molar-refractivity contribution in [3.05, 3.63) is 70.5 Å². The van der Waals surface area contributed by atoms with Gasteiger partial charge < -0.3 is 10.1 Å². The van der Waals surface area contributed by atoms with Crippen LogP contribution in [0.2, 0.25) is 0 Å². The molecule has 0 unspecified atom stereocenters. The molecule has 0 saturated heterocycles. The van der Waals surface area contributed by atoms with Gasteiger partial charge >= 0.3 is 12.0 Å². The Morgan fingerprint density at radius 2 is 1.94 bits per heavy atom. The van der Waals surface area contributed by atoms with Crippen molar-refractivity contribution in [1.29, 1.82) is 0 Å². The van der Waals surface area contributed by atoms with Gasteiger partial charge in [-0.25, -0.2) is 19.3 Å². The highest BCUT2D eigenvalue weighted by atomic mass is 32.1. The molecule has 3 amide bonds. The Morgan fingerprint density at radius 3 is 2.68 bits per heavy atom. The Morgan fingerprint density at radius 1 is 1.12 bits per heavy atom. The van der Waals surface area contributed by atoms with E-state index in [4.69, 9.17) is 4.74 Å². The predicted molar refractivity (Wildman–Crippen MR) is 128 cm³/mol. The smallest absolute Gasteiger partial charge is 0.339 e. The van der Waals surface area contributed by atoms with Crippen LogP contribution < -0.4 is 10.6 Å². The minimum Gasteiger partial charge on any atom is -0.452 e. The van der Waals surface area contributed by atoms with Crippen LogP contribution in [-0.4, -0.2) is 45.8 Å². The van der Waals surface area contributed by atoms with Gasteiger partial charge in [0.2, 0.25) is 0 Å². The zero-order chi connectivity index (χ0) is 23.9. The molecule has 174 valence electrons. The van der Waals surface area contributed by atoms with Crippen molar-refractivity contribution in [3.8, 4) is 11.3 Å². The van der Waals surface area contributed by atoms with Gasteiger partial charge in [0, 0.05) is 23.5 Å². The third kappa shape index (κ3) is 5.46. The SMILES string of the molecule is CCn1ncc2c(C(=O)OCC(=O)NC(=O)NCCc3cccs3)cc(-c3ccccc3)nc21. The molecule has 3 aromatic heterocycles. The highest BCUT2D eigenvalue weighted by molar-refractivity contribution is 7.09. The van der Waals surface area contributed by atoms with Crippen LogP contribution in [0, 0.1) is 0 Å². The first-order chi connectivity index (χ1) is 16.5. The Hall–Kier alpha value is -4.05. The maximum atomic E-state index is 12.9. The number of nitrogens with one attached hydrogen (secondary N) is 2. The normalized spacial score (nSPS) is 10.7. The molecule has 3 heterocycles. The van der Waals surface area contributed by atoms with Crippen molar-refractivity contribution in [1.82, 2.24) is 25.4 Å². The summed E-state index contributed by atoms with van der Waals surface area (Å²) in [6.45, 7) is 2.30. The molecule has 0 fully saturated rings. The molecule has 34 heavy (non-hydrogen) atoms. The highest BCUT2D eigenvalue weighted by Crippen LogP contribution is 2.25. The molecule has 0 aliphatic carbocycles. The first kappa shape index (κ1) is 23.1. The number of nitrogens with zero attached hydrogens (tertiary/aromatic N) is 3. The number of carbonyl (C=O) groups is 3. The van der Waals surface area contributed by atoms with Crippen LogP contribution >= 0.6 is 11.3 Å². The standard InChI is InChI=1S/C24H23N5O4S/c1-2-29-22-19(14-26-29)18(13-20(27-22)16-7-4-3-5-8-16)23(31)33-15-21(30)28-24(32)25-11-10-17-9-6-12-34-17/h3-9,12-14H,2,10-11,15H2,1H3,(H2,25,28,30,32). The second-order valence-corrected chi connectivity index (χ2v) is 8.36. The van der Waals surface area contributed by atoms with Gasteiger partial charge in [0.05, 0.1) is 22.8 Å². The number of hydrogen-bond acceptors (Lipinski definition) is 7. The van der Waals surface area contributed by atoms with Gasteiger partial charge in [-0.15, -0.1) is 11.3 Å². The number of esters is 1. The summed E-state index contributed by atoms with van der Waals surface area (Å²) in [5.41, 5.74) is 2.21. The number of ether oxygens (including phenoxy) is 1. The van der Waals surface area contributed by atoms with Crippen LogP contribution in [0.5, 0.6) is 0 Å². The number of thiophene rings is 1. The van der Waals surface area contributed by atoms with Gasteiger partial charge in [0.1, 0.15) is 0 Å². The summed E-state index contributed by atoms with van der Waals surface area (Å²) in [6, 6.07) is 14.3. The summed E-state index contributed by atoms with van der Waals surface area (Å²) in [6.07, 6.45) is 2.22. The maximum Gasteiger partial charge on any atom is 0.339 e. The minimum absolute atomic E-state index is 0.247. The van der Waals surface area contributed by atoms with E-state index in [2.05, 4.69) is 20.7 Å². The molecule has 0 bridgehead atoms. The van der Waals surface area contributed by atoms with Crippen molar-refractivity contribution in [2.45, 2.75) is 19.9 Å². The first-order valence-corrected chi connectivity index (χ1v) is 11.6. The third-order valence-corrected chi connectivity index (χ3v) is 5.96. The van der Waals surface area contributed by atoms with Gasteiger partial charge in [-0.05, 0) is 30.9 Å². The Labute approximate surface area is 199 Å². The Kier molecular flexibility index (Phi) is 7.28. The molecule has 0 saturated carbocycles. The topological polar surface area (TPSA) is 115 Å². The largest absolute Gasteiger partial charge is 0.452 e. The molecule has 4 rings (SSSR count). The number of urea groups is 1. The molecule has 10 heteroatoms. The third-order valence-electron chi connectivity index (χ3n) is 5.02. The average molecular weight is 478 g/mol. The number of imide groups is 1. The van der Waals surface area contributed by atoms with Gasteiger partial charge in [0.15, 0.2) is 12.3 Å². The minimum atomic E-state index is -0.722. The number of aromatic nitrogens is 3. The number of pyridine rings is 1. The van der Waals surface area contributed by atoms with Crippen LogP contribution in [0.3, 0.4) is 0 Å². The fourth-order valence-electron chi connectivity index (χ4n) is 3.37. The van der Waals surface area contributed by atoms with E-state index >= 15 is 0 Å². The van der Waals surface area contributed by atoms with Crippen molar-refractivity contribution in [2.24, 2.45) is 0 Å². The molecule has 0 aliphatic heterocycles. The first-order valence-electron chi connectivity index (χ1n) is 10.7. The van der Waals surface area contributed by atoms with E-state index in [0.29, 0.717) is 36.2 Å².